The third-order valence-corrected chi connectivity index (χ3v) is 7.44. The van der Waals surface area contributed by atoms with Gasteiger partial charge in [-0.25, -0.2) is 0 Å². The lowest BCUT2D eigenvalue weighted by molar-refractivity contribution is -0.149. The third kappa shape index (κ3) is 1.54. The Balaban J connectivity index is 1.99. The summed E-state index contributed by atoms with van der Waals surface area (Å²) in [7, 11) is 6.45. The number of hydrogen-bond donors (Lipinski definition) is 1. The minimum atomic E-state index is -1.07. The minimum Gasteiger partial charge on any atom is -0.498 e. The number of ketones is 2. The van der Waals surface area contributed by atoms with Gasteiger partial charge in [-0.3, -0.25) is 14.5 Å². The first kappa shape index (κ1) is 17.5. The molecule has 0 aromatic heterocycles. The number of aliphatic hydroxyl groups is 1. The maximum absolute atomic E-state index is 13.2. The van der Waals surface area contributed by atoms with E-state index in [2.05, 4.69) is 4.90 Å². The van der Waals surface area contributed by atoms with E-state index in [1.54, 1.807) is 0 Å². The number of hydrogen-bond acceptors (Lipinski definition) is 7. The molecule has 3 aliphatic carbocycles. The first-order chi connectivity index (χ1) is 12.4. The Morgan fingerprint density at radius 3 is 2.42 bits per heavy atom. The predicted molar refractivity (Wildman–Crippen MR) is 90.9 cm³/mol. The number of likely N-dealkylation sites (N-methyl/N-ethyl adjacent to an activating group) is 1. The van der Waals surface area contributed by atoms with E-state index in [4.69, 9.17) is 14.2 Å². The molecule has 1 saturated heterocycles. The van der Waals surface area contributed by atoms with Gasteiger partial charge in [0.05, 0.1) is 32.3 Å². The second-order valence-electron chi connectivity index (χ2n) is 7.77. The van der Waals surface area contributed by atoms with Crippen LogP contribution in [0.1, 0.15) is 25.7 Å². The monoisotopic (exact) mass is 363 g/mol. The van der Waals surface area contributed by atoms with Crippen molar-refractivity contribution in [1.82, 2.24) is 4.90 Å². The van der Waals surface area contributed by atoms with Gasteiger partial charge in [0.2, 0.25) is 11.5 Å². The highest BCUT2D eigenvalue weighted by Gasteiger charge is 2.80. The summed E-state index contributed by atoms with van der Waals surface area (Å²) in [5, 5.41) is 11.1. The van der Waals surface area contributed by atoms with Crippen LogP contribution in [-0.2, 0) is 23.8 Å². The van der Waals surface area contributed by atoms with Crippen LogP contribution in [0.2, 0.25) is 0 Å². The molecule has 0 bridgehead atoms. The Hall–Kier alpha value is -1.86. The number of ether oxygens (including phenoxy) is 3. The van der Waals surface area contributed by atoms with E-state index in [0.717, 1.165) is 0 Å². The molecule has 2 fully saturated rings. The number of likely N-dealkylation sites (tertiary alicyclic amines) is 1. The molecule has 1 N–H and O–H groups in total. The summed E-state index contributed by atoms with van der Waals surface area (Å²) < 4.78 is 16.4. The summed E-state index contributed by atoms with van der Waals surface area (Å²) in [4.78, 5) is 28.3. The lowest BCUT2D eigenvalue weighted by atomic mass is 9.52. The van der Waals surface area contributed by atoms with Gasteiger partial charge in [-0.2, -0.15) is 0 Å². The van der Waals surface area contributed by atoms with Crippen LogP contribution in [0.5, 0.6) is 0 Å². The summed E-state index contributed by atoms with van der Waals surface area (Å²) in [6.45, 7) is 0.710. The van der Waals surface area contributed by atoms with Gasteiger partial charge in [0.25, 0.3) is 0 Å². The lowest BCUT2D eigenvalue weighted by Gasteiger charge is -2.53. The maximum Gasteiger partial charge on any atom is 0.201 e. The fraction of sp³-hybridized carbons (Fsp3) is 0.684. The molecule has 0 aromatic carbocycles. The van der Waals surface area contributed by atoms with Crippen molar-refractivity contribution in [2.24, 2.45) is 10.8 Å². The van der Waals surface area contributed by atoms with Gasteiger partial charge in [-0.1, -0.05) is 0 Å². The van der Waals surface area contributed by atoms with Crippen molar-refractivity contribution in [3.05, 3.63) is 23.4 Å². The van der Waals surface area contributed by atoms with Crippen LogP contribution in [0.15, 0.2) is 23.4 Å². The molecule has 0 unspecified atom stereocenters. The quantitative estimate of drug-likeness (QED) is 0.793. The van der Waals surface area contributed by atoms with Crippen LogP contribution in [0, 0.1) is 10.8 Å². The van der Waals surface area contributed by atoms with Gasteiger partial charge in [-0.15, -0.1) is 0 Å². The predicted octanol–water partition coefficient (Wildman–Crippen LogP) is 0.778. The average molecular weight is 363 g/mol. The Kier molecular flexibility index (Phi) is 3.60. The van der Waals surface area contributed by atoms with E-state index >= 15 is 0 Å². The van der Waals surface area contributed by atoms with Crippen LogP contribution >= 0.6 is 0 Å². The van der Waals surface area contributed by atoms with Gasteiger partial charge in [0.1, 0.15) is 11.9 Å². The zero-order valence-corrected chi connectivity index (χ0v) is 15.6. The smallest absolute Gasteiger partial charge is 0.201 e. The minimum absolute atomic E-state index is 0.150. The van der Waals surface area contributed by atoms with E-state index in [1.165, 1.54) is 27.4 Å². The summed E-state index contributed by atoms with van der Waals surface area (Å²) in [6, 6.07) is 0. The molecular formula is C19H25NO6. The van der Waals surface area contributed by atoms with Crippen LogP contribution in [0.4, 0.5) is 0 Å². The van der Waals surface area contributed by atoms with Crippen LogP contribution in [0.25, 0.3) is 0 Å². The summed E-state index contributed by atoms with van der Waals surface area (Å²) in [5.41, 5.74) is -2.46. The van der Waals surface area contributed by atoms with E-state index in [0.29, 0.717) is 31.6 Å². The lowest BCUT2D eigenvalue weighted by Crippen LogP contribution is -2.62. The van der Waals surface area contributed by atoms with Crippen molar-refractivity contribution in [3.63, 3.8) is 0 Å². The van der Waals surface area contributed by atoms with Crippen molar-refractivity contribution in [2.45, 2.75) is 37.3 Å². The molecule has 4 aliphatic rings. The molecular weight excluding hydrogens is 338 g/mol. The molecule has 0 radical (unpaired) electrons. The molecule has 4 atom stereocenters. The number of carbonyl (C=O) groups is 2. The molecule has 1 heterocycles. The van der Waals surface area contributed by atoms with Crippen molar-refractivity contribution < 1.29 is 28.9 Å². The molecule has 26 heavy (non-hydrogen) atoms. The van der Waals surface area contributed by atoms with Gasteiger partial charge >= 0.3 is 0 Å². The number of carbonyl (C=O) groups excluding carboxylic acids is 2. The molecule has 7 nitrogen and oxygen atoms in total. The fourth-order valence-electron chi connectivity index (χ4n) is 6.44. The Bertz CT molecular complexity index is 757. The summed E-state index contributed by atoms with van der Waals surface area (Å²) >= 11 is 0. The third-order valence-electron chi connectivity index (χ3n) is 7.44. The number of aliphatic hydroxyl groups excluding tert-OH is 1. The van der Waals surface area contributed by atoms with E-state index < -0.39 is 22.5 Å². The summed E-state index contributed by atoms with van der Waals surface area (Å²) in [6.07, 6.45) is 2.22. The fourth-order valence-corrected chi connectivity index (χ4v) is 6.44. The van der Waals surface area contributed by atoms with Crippen LogP contribution in [-0.4, -0.2) is 68.1 Å². The zero-order chi connectivity index (χ0) is 18.9. The highest BCUT2D eigenvalue weighted by atomic mass is 16.5. The largest absolute Gasteiger partial charge is 0.498 e. The zero-order valence-electron chi connectivity index (χ0n) is 15.6. The molecule has 0 amide bonds. The van der Waals surface area contributed by atoms with Crippen molar-refractivity contribution in [1.29, 1.82) is 0 Å². The normalized spacial score (nSPS) is 42.2. The Morgan fingerprint density at radius 1 is 1.12 bits per heavy atom. The number of allylic oxidation sites excluding steroid dienone is 2. The topological polar surface area (TPSA) is 85.3 Å². The number of rotatable bonds is 3. The average Bonchev–Trinajstić information content (AvgIpc) is 3.18. The van der Waals surface area contributed by atoms with Gasteiger partial charge in [0, 0.05) is 17.9 Å². The molecule has 142 valence electrons. The van der Waals surface area contributed by atoms with Crippen molar-refractivity contribution >= 4 is 11.6 Å². The molecule has 1 spiro atoms. The highest BCUT2D eigenvalue weighted by molar-refractivity contribution is 6.03. The van der Waals surface area contributed by atoms with Crippen molar-refractivity contribution in [3.8, 4) is 0 Å². The van der Waals surface area contributed by atoms with E-state index in [1.807, 2.05) is 7.05 Å². The second-order valence-corrected chi connectivity index (χ2v) is 7.77. The van der Waals surface area contributed by atoms with Gasteiger partial charge in [-0.05, 0) is 32.9 Å². The Morgan fingerprint density at radius 2 is 1.85 bits per heavy atom. The second kappa shape index (κ2) is 5.33. The standard InChI is InChI=1S/C19H25NO6/c1-20-8-7-17-10-11(21)14(25-3)16(26-4)19(17,20)6-5-18(17)13(22)9-12(24-2)15(18)23/h9,15,23H,5-8,10H2,1-4H3/t15-,17-,18+,19+/m0/s1. The van der Waals surface area contributed by atoms with Crippen LogP contribution in [0.3, 0.4) is 0 Å². The highest BCUT2D eigenvalue weighted by Crippen LogP contribution is 2.73. The number of Topliss-reactive ketones (excluding diaryl/α,β-unsaturated/α-hetero) is 1. The maximum atomic E-state index is 13.2. The molecule has 7 heteroatoms. The molecule has 4 rings (SSSR count). The first-order valence-corrected chi connectivity index (χ1v) is 8.91. The summed E-state index contributed by atoms with van der Waals surface area (Å²) in [5.74, 6) is 0.668. The van der Waals surface area contributed by atoms with Crippen molar-refractivity contribution in [2.75, 3.05) is 34.9 Å². The molecule has 1 saturated carbocycles. The van der Waals surface area contributed by atoms with E-state index in [9.17, 15) is 14.7 Å². The van der Waals surface area contributed by atoms with Gasteiger partial charge < -0.3 is 19.3 Å². The first-order valence-electron chi connectivity index (χ1n) is 8.91. The van der Waals surface area contributed by atoms with E-state index in [-0.39, 0.29) is 29.5 Å². The number of nitrogens with zero attached hydrogens (tertiary/aromatic N) is 1. The number of methoxy groups -OCH3 is 3. The van der Waals surface area contributed by atoms with Crippen LogP contribution < -0.4 is 0 Å². The SMILES string of the molecule is COC1=CC(=O)[C@]2(CC[C@@]34C(OC)=C(OC)C(=O)C[C@]32CCN4C)[C@H]1O. The molecule has 1 aliphatic heterocycles. The Labute approximate surface area is 152 Å². The molecule has 0 aromatic rings. The van der Waals surface area contributed by atoms with Gasteiger partial charge in [0.15, 0.2) is 11.5 Å².